The van der Waals surface area contributed by atoms with Gasteiger partial charge in [-0.25, -0.2) is 0 Å². The summed E-state index contributed by atoms with van der Waals surface area (Å²) in [5.41, 5.74) is 13.7. The largest absolute Gasteiger partial charge is 0.336 e. The molecule has 7 heteroatoms. The molecule has 370 valence electrons. The molecular weight excluding hydrogens is 993 g/mol. The second kappa shape index (κ2) is 16.9. The van der Waals surface area contributed by atoms with Crippen LogP contribution < -0.4 is 0 Å². The van der Waals surface area contributed by atoms with Crippen molar-refractivity contribution in [1.82, 2.24) is 18.3 Å². The minimum Gasteiger partial charge on any atom is -0.336 e. The molecule has 0 atom stereocenters. The minimum atomic E-state index is 0.251. The molecule has 0 spiro atoms. The van der Waals surface area contributed by atoms with E-state index >= 15 is 0 Å². The number of nitriles is 2. The monoisotopic (exact) mass is 1030 g/mol. The number of para-hydroxylation sites is 6. The summed E-state index contributed by atoms with van der Waals surface area (Å²) in [4.78, 5) is 0. The zero-order chi connectivity index (χ0) is 52.7. The summed E-state index contributed by atoms with van der Waals surface area (Å²) in [6.07, 6.45) is 0. The van der Waals surface area contributed by atoms with Crippen LogP contribution in [0.2, 0.25) is 0 Å². The summed E-state index contributed by atoms with van der Waals surface area (Å²) < 4.78 is 11.7. The summed E-state index contributed by atoms with van der Waals surface area (Å²) in [5, 5.41) is 38.8. The van der Waals surface area contributed by atoms with Crippen molar-refractivity contribution in [3.63, 3.8) is 0 Å². The van der Waals surface area contributed by atoms with E-state index in [1.165, 1.54) is 36.3 Å². The molecule has 0 amide bonds. The van der Waals surface area contributed by atoms with E-state index in [4.69, 9.17) is 0 Å². The van der Waals surface area contributed by atoms with E-state index in [0.29, 0.717) is 28.2 Å². The first-order valence-electron chi connectivity index (χ1n) is 27.0. The van der Waals surface area contributed by atoms with Gasteiger partial charge in [0.15, 0.2) is 0 Å². The Labute approximate surface area is 461 Å². The number of thiophene rings is 1. The molecule has 6 nitrogen and oxygen atoms in total. The lowest BCUT2D eigenvalue weighted by Gasteiger charge is -2.26. The lowest BCUT2D eigenvalue weighted by atomic mass is 9.94. The molecule has 17 aromatic rings. The van der Waals surface area contributed by atoms with Crippen LogP contribution in [0.5, 0.6) is 0 Å². The van der Waals surface area contributed by atoms with Gasteiger partial charge in [-0.1, -0.05) is 188 Å². The maximum absolute atomic E-state index is 12.7. The van der Waals surface area contributed by atoms with Gasteiger partial charge in [-0.2, -0.15) is 10.5 Å². The highest BCUT2D eigenvalue weighted by Crippen LogP contribution is 2.50. The van der Waals surface area contributed by atoms with Gasteiger partial charge < -0.3 is 18.3 Å². The van der Waals surface area contributed by atoms with Gasteiger partial charge in [0.2, 0.25) is 0 Å². The van der Waals surface area contributed by atoms with E-state index in [1.54, 1.807) is 0 Å². The highest BCUT2D eigenvalue weighted by Gasteiger charge is 2.33. The summed E-state index contributed by atoms with van der Waals surface area (Å²) in [6.45, 7) is 0.251. The van der Waals surface area contributed by atoms with Crippen LogP contribution in [0.1, 0.15) is 16.7 Å². The van der Waals surface area contributed by atoms with Crippen molar-refractivity contribution in [2.45, 2.75) is 6.54 Å². The molecule has 0 aliphatic carbocycles. The van der Waals surface area contributed by atoms with Gasteiger partial charge in [0.1, 0.15) is 17.7 Å². The molecular formula is C73H42N6S. The Morgan fingerprint density at radius 2 is 0.713 bits per heavy atom. The normalized spacial score (nSPS) is 12.0. The Morgan fingerprint density at radius 1 is 0.312 bits per heavy atom. The minimum absolute atomic E-state index is 0.251. The average molecular weight is 1040 g/mol. The van der Waals surface area contributed by atoms with E-state index in [-0.39, 0.29) is 6.54 Å². The molecule has 0 N–H and O–H groups in total. The molecule has 0 bridgehead atoms. The molecule has 0 saturated carbocycles. The average Bonchev–Trinajstić information content (AvgIpc) is 4.49. The molecule has 0 aliphatic heterocycles. The lowest BCUT2D eigenvalue weighted by Crippen LogP contribution is -2.17. The van der Waals surface area contributed by atoms with Crippen molar-refractivity contribution in [3.05, 3.63) is 259 Å². The maximum atomic E-state index is 12.7. The van der Waals surface area contributed by atoms with Crippen LogP contribution in [0.15, 0.2) is 243 Å². The Balaban J connectivity index is 1.10. The summed E-state index contributed by atoms with van der Waals surface area (Å²) in [7, 11) is 0. The molecule has 80 heavy (non-hydrogen) atoms. The fraction of sp³-hybridized carbons (Fsp3) is 0.0137. The number of nitrogens with zero attached hydrogens (tertiary/aromatic N) is 6. The van der Waals surface area contributed by atoms with E-state index < -0.39 is 0 Å². The van der Waals surface area contributed by atoms with Gasteiger partial charge in [0.25, 0.3) is 0 Å². The maximum Gasteiger partial charge on any atom is 0.104 e. The standard InChI is InChI=1S/C73H42N6S/c74-41-56-58(43-76-65-37-18-30-54(46-29-17-20-44-19-1-2-21-45(44)46)68(65)69-66(76)40-39-55-53-28-9-16-38-67(53)80-73(55)69)70(77-59-31-10-3-22-47(59)48-23-4-11-32-60(48)77)57(42-75)72(79-63-35-14-7-26-51(63)52-27-8-15-36-64(52)79)71(56)78-61-33-12-5-24-49(61)50-25-6-13-34-62(50)78/h1-40H,43H2. The molecule has 5 heterocycles. The van der Waals surface area contributed by atoms with E-state index in [0.717, 1.165) is 98.5 Å². The number of aromatic nitrogens is 4. The van der Waals surface area contributed by atoms with Crippen LogP contribution in [0.3, 0.4) is 0 Å². The first-order valence-corrected chi connectivity index (χ1v) is 27.8. The van der Waals surface area contributed by atoms with Crippen LogP contribution in [0.4, 0.5) is 0 Å². The van der Waals surface area contributed by atoms with Crippen molar-refractivity contribution in [3.8, 4) is 40.3 Å². The van der Waals surface area contributed by atoms with Gasteiger partial charge in [0, 0.05) is 68.8 Å². The zero-order valence-electron chi connectivity index (χ0n) is 42.9. The smallest absolute Gasteiger partial charge is 0.104 e. The topological polar surface area (TPSA) is 67.3 Å². The highest BCUT2D eigenvalue weighted by molar-refractivity contribution is 7.26. The quantitative estimate of drug-likeness (QED) is 0.167. The third kappa shape index (κ3) is 5.99. The number of benzene rings is 12. The Morgan fingerprint density at radius 3 is 1.25 bits per heavy atom. The van der Waals surface area contributed by atoms with Crippen LogP contribution in [-0.4, -0.2) is 18.3 Å². The first-order chi connectivity index (χ1) is 39.7. The van der Waals surface area contributed by atoms with Crippen LogP contribution in [-0.2, 0) is 6.54 Å². The summed E-state index contributed by atoms with van der Waals surface area (Å²) >= 11 is 1.84. The van der Waals surface area contributed by atoms with Crippen molar-refractivity contribution in [2.75, 3.05) is 0 Å². The second-order valence-corrected chi connectivity index (χ2v) is 21.9. The third-order valence-corrected chi connectivity index (χ3v) is 18.2. The lowest BCUT2D eigenvalue weighted by molar-refractivity contribution is 0.851. The Hall–Kier alpha value is -10.7. The number of hydrogen-bond donors (Lipinski definition) is 0. The van der Waals surface area contributed by atoms with E-state index in [9.17, 15) is 10.5 Å². The first kappa shape index (κ1) is 44.4. The van der Waals surface area contributed by atoms with Gasteiger partial charge in [-0.15, -0.1) is 11.3 Å². The predicted molar refractivity (Wildman–Crippen MR) is 333 cm³/mol. The van der Waals surface area contributed by atoms with Crippen LogP contribution in [0, 0.1) is 22.7 Å². The van der Waals surface area contributed by atoms with Crippen molar-refractivity contribution >= 4 is 130 Å². The van der Waals surface area contributed by atoms with Crippen molar-refractivity contribution in [2.24, 2.45) is 0 Å². The third-order valence-electron chi connectivity index (χ3n) is 17.0. The molecule has 0 fully saturated rings. The Bertz CT molecular complexity index is 5460. The predicted octanol–water partition coefficient (Wildman–Crippen LogP) is 19.1. The second-order valence-electron chi connectivity index (χ2n) is 20.9. The fourth-order valence-electron chi connectivity index (χ4n) is 13.7. The molecule has 0 unspecified atom stereocenters. The molecule has 0 saturated heterocycles. The zero-order valence-corrected chi connectivity index (χ0v) is 43.7. The van der Waals surface area contributed by atoms with Crippen molar-refractivity contribution < 1.29 is 0 Å². The van der Waals surface area contributed by atoms with Gasteiger partial charge in [-0.3, -0.25) is 0 Å². The Kier molecular flexibility index (Phi) is 9.39. The van der Waals surface area contributed by atoms with Crippen LogP contribution in [0.25, 0.3) is 146 Å². The van der Waals surface area contributed by atoms with Gasteiger partial charge >= 0.3 is 0 Å². The SMILES string of the molecule is N#Cc1c(Cn2c3cccc(-c4cccc5ccccc45)c3c3c4sc5ccccc5c4ccc32)c(-n2c3ccccc3c3ccccc32)c(C#N)c(-n2c3ccccc3c3ccccc32)c1-n1c2ccccc2c2ccccc21. The molecule has 0 radical (unpaired) electrons. The summed E-state index contributed by atoms with van der Waals surface area (Å²) in [5.74, 6) is 0. The van der Waals surface area contributed by atoms with Crippen molar-refractivity contribution in [1.29, 1.82) is 10.5 Å². The molecule has 17 rings (SSSR count). The fourth-order valence-corrected chi connectivity index (χ4v) is 15.0. The molecule has 0 aliphatic rings. The number of hydrogen-bond acceptors (Lipinski definition) is 3. The number of fused-ring (bicyclic) bond motifs is 17. The molecule has 5 aromatic heterocycles. The number of rotatable bonds is 6. The summed E-state index contributed by atoms with van der Waals surface area (Å²) in [6, 6.07) is 92.0. The highest BCUT2D eigenvalue weighted by atomic mass is 32.1. The molecule has 12 aromatic carbocycles. The van der Waals surface area contributed by atoms with Gasteiger partial charge in [0.05, 0.1) is 73.3 Å². The van der Waals surface area contributed by atoms with E-state index in [2.05, 4.69) is 273 Å². The van der Waals surface area contributed by atoms with Gasteiger partial charge in [-0.05, 0) is 76.5 Å². The van der Waals surface area contributed by atoms with E-state index in [1.807, 2.05) is 11.3 Å². The van der Waals surface area contributed by atoms with Crippen LogP contribution >= 0.6 is 11.3 Å².